The van der Waals surface area contributed by atoms with Crippen molar-refractivity contribution in [3.05, 3.63) is 106 Å². The number of para-hydroxylation sites is 1. The first-order chi connectivity index (χ1) is 17.0. The first-order valence-corrected chi connectivity index (χ1v) is 12.4. The molecule has 5 rings (SSSR count). The van der Waals surface area contributed by atoms with Gasteiger partial charge in [0.15, 0.2) is 0 Å². The van der Waals surface area contributed by atoms with Crippen LogP contribution < -0.4 is 4.74 Å². The molecular weight excluding hydrogens is 458 g/mol. The maximum Gasteiger partial charge on any atom is 0.255 e. The van der Waals surface area contributed by atoms with Crippen molar-refractivity contribution in [2.75, 3.05) is 0 Å². The minimum Gasteiger partial charge on any atom is -0.439 e. The van der Waals surface area contributed by atoms with Gasteiger partial charge < -0.3 is 9.64 Å². The monoisotopic (exact) mass is 485 g/mol. The van der Waals surface area contributed by atoms with Crippen molar-refractivity contribution in [3.8, 4) is 17.3 Å². The second-order valence-corrected chi connectivity index (χ2v) is 9.30. The number of benzene rings is 3. The van der Waals surface area contributed by atoms with Crippen molar-refractivity contribution in [2.24, 2.45) is 0 Å². The molecule has 1 aliphatic carbocycles. The molecule has 5 nitrogen and oxygen atoms in total. The van der Waals surface area contributed by atoms with Gasteiger partial charge in [-0.3, -0.25) is 4.79 Å². The van der Waals surface area contributed by atoms with E-state index in [9.17, 15) is 4.79 Å². The minimum atomic E-state index is -0.0612. The Hall–Kier alpha value is -3.57. The molecule has 6 heteroatoms. The number of hydrogen-bond acceptors (Lipinski definition) is 3. The number of aryl methyl sites for hydroxylation is 2. The number of halogens is 1. The largest absolute Gasteiger partial charge is 0.439 e. The smallest absolute Gasteiger partial charge is 0.255 e. The molecular formula is C29H28ClN3O2. The van der Waals surface area contributed by atoms with Gasteiger partial charge in [-0.1, -0.05) is 66.6 Å². The molecule has 178 valence electrons. The van der Waals surface area contributed by atoms with Crippen LogP contribution in [0.5, 0.6) is 11.6 Å². The number of carbonyl (C=O) groups is 1. The molecule has 0 N–H and O–H groups in total. The van der Waals surface area contributed by atoms with E-state index in [1.807, 2.05) is 83.2 Å². The van der Waals surface area contributed by atoms with Crippen molar-refractivity contribution in [2.45, 2.75) is 45.7 Å². The number of carbonyl (C=O) groups excluding carboxylic acids is 1. The van der Waals surface area contributed by atoms with Gasteiger partial charge in [-0.05, 0) is 62.6 Å². The van der Waals surface area contributed by atoms with Gasteiger partial charge in [-0.2, -0.15) is 5.10 Å². The van der Waals surface area contributed by atoms with Crippen molar-refractivity contribution in [3.63, 3.8) is 0 Å². The van der Waals surface area contributed by atoms with E-state index in [4.69, 9.17) is 21.4 Å². The molecule has 1 aliphatic rings. The van der Waals surface area contributed by atoms with E-state index >= 15 is 0 Å². The molecule has 1 saturated carbocycles. The number of ether oxygens (including phenoxy) is 1. The predicted molar refractivity (Wildman–Crippen MR) is 139 cm³/mol. The summed E-state index contributed by atoms with van der Waals surface area (Å²) in [5.41, 5.74) is 4.42. The van der Waals surface area contributed by atoms with Gasteiger partial charge >= 0.3 is 0 Å². The Morgan fingerprint density at radius 1 is 1.03 bits per heavy atom. The lowest BCUT2D eigenvalue weighted by molar-refractivity contribution is 0.0729. The van der Waals surface area contributed by atoms with Crippen LogP contribution in [0, 0.1) is 6.92 Å². The van der Waals surface area contributed by atoms with Gasteiger partial charge in [-0.25, -0.2) is 4.68 Å². The van der Waals surface area contributed by atoms with E-state index in [-0.39, 0.29) is 11.9 Å². The molecule has 35 heavy (non-hydrogen) atoms. The van der Waals surface area contributed by atoms with Crippen LogP contribution in [-0.2, 0) is 13.0 Å². The quantitative estimate of drug-likeness (QED) is 0.270. The Labute approximate surface area is 210 Å². The molecule has 0 atom stereocenters. The van der Waals surface area contributed by atoms with Gasteiger partial charge in [-0.15, -0.1) is 0 Å². The summed E-state index contributed by atoms with van der Waals surface area (Å²) >= 11 is 6.40. The highest BCUT2D eigenvalue weighted by atomic mass is 35.5. The maximum absolute atomic E-state index is 13.6. The Balaban J connectivity index is 1.58. The van der Waals surface area contributed by atoms with E-state index in [1.54, 1.807) is 12.1 Å². The van der Waals surface area contributed by atoms with Gasteiger partial charge in [0.2, 0.25) is 5.88 Å². The summed E-state index contributed by atoms with van der Waals surface area (Å²) in [7, 11) is 0. The SMILES string of the molecule is CCc1nn(-c2ccccc2)c(Oc2ccc(C)cc2)c1CN(C(=O)c1ccccc1Cl)C1CC1. The van der Waals surface area contributed by atoms with Gasteiger partial charge in [0, 0.05) is 6.04 Å². The lowest BCUT2D eigenvalue weighted by atomic mass is 10.1. The molecule has 1 amide bonds. The molecule has 0 aliphatic heterocycles. The molecule has 0 spiro atoms. The van der Waals surface area contributed by atoms with Crippen LogP contribution >= 0.6 is 11.6 Å². The van der Waals surface area contributed by atoms with Crippen LogP contribution in [0.2, 0.25) is 5.02 Å². The molecule has 1 aromatic heterocycles. The number of hydrogen-bond donors (Lipinski definition) is 0. The molecule has 0 bridgehead atoms. The van der Waals surface area contributed by atoms with Crippen LogP contribution in [0.4, 0.5) is 0 Å². The lowest BCUT2D eigenvalue weighted by Crippen LogP contribution is -2.33. The van der Waals surface area contributed by atoms with E-state index < -0.39 is 0 Å². The molecule has 4 aromatic rings. The third kappa shape index (κ3) is 4.96. The van der Waals surface area contributed by atoms with Crippen LogP contribution in [0.3, 0.4) is 0 Å². The summed E-state index contributed by atoms with van der Waals surface area (Å²) < 4.78 is 8.33. The third-order valence-electron chi connectivity index (χ3n) is 6.27. The van der Waals surface area contributed by atoms with Crippen molar-refractivity contribution < 1.29 is 9.53 Å². The number of aromatic nitrogens is 2. The number of nitrogens with zero attached hydrogens (tertiary/aromatic N) is 3. The van der Waals surface area contributed by atoms with E-state index in [0.29, 0.717) is 23.0 Å². The van der Waals surface area contributed by atoms with Gasteiger partial charge in [0.1, 0.15) is 5.75 Å². The fourth-order valence-corrected chi connectivity index (χ4v) is 4.42. The first kappa shape index (κ1) is 23.2. The van der Waals surface area contributed by atoms with Crippen LogP contribution in [-0.4, -0.2) is 26.6 Å². The fraction of sp³-hybridized carbons (Fsp3) is 0.241. The topological polar surface area (TPSA) is 47.4 Å². The second kappa shape index (κ2) is 9.96. The Kier molecular flexibility index (Phi) is 6.60. The molecule has 0 radical (unpaired) electrons. The van der Waals surface area contributed by atoms with E-state index in [1.165, 1.54) is 0 Å². The first-order valence-electron chi connectivity index (χ1n) is 12.0. The lowest BCUT2D eigenvalue weighted by Gasteiger charge is -2.24. The highest BCUT2D eigenvalue weighted by Crippen LogP contribution is 2.36. The van der Waals surface area contributed by atoms with Crippen molar-refractivity contribution in [1.82, 2.24) is 14.7 Å². The molecule has 0 unspecified atom stereocenters. The summed E-state index contributed by atoms with van der Waals surface area (Å²) in [5, 5.41) is 5.39. The summed E-state index contributed by atoms with van der Waals surface area (Å²) in [6.07, 6.45) is 2.69. The van der Waals surface area contributed by atoms with Gasteiger partial charge in [0.05, 0.1) is 34.1 Å². The van der Waals surface area contributed by atoms with Crippen molar-refractivity contribution >= 4 is 17.5 Å². The zero-order valence-corrected chi connectivity index (χ0v) is 20.7. The van der Waals surface area contributed by atoms with Gasteiger partial charge in [0.25, 0.3) is 5.91 Å². The van der Waals surface area contributed by atoms with Crippen LogP contribution in [0.1, 0.15) is 46.9 Å². The van der Waals surface area contributed by atoms with Crippen LogP contribution in [0.15, 0.2) is 78.9 Å². The molecule has 1 fully saturated rings. The summed E-state index contributed by atoms with van der Waals surface area (Å²) in [5.74, 6) is 1.30. The Morgan fingerprint density at radius 3 is 2.37 bits per heavy atom. The van der Waals surface area contributed by atoms with Crippen LogP contribution in [0.25, 0.3) is 5.69 Å². The summed E-state index contributed by atoms with van der Waals surface area (Å²) in [4.78, 5) is 15.5. The zero-order valence-electron chi connectivity index (χ0n) is 19.9. The van der Waals surface area contributed by atoms with Crippen molar-refractivity contribution in [1.29, 1.82) is 0 Å². The Bertz CT molecular complexity index is 1330. The highest BCUT2D eigenvalue weighted by Gasteiger charge is 2.36. The third-order valence-corrected chi connectivity index (χ3v) is 6.60. The standard InChI is InChI=1S/C29H28ClN3O2/c1-3-27-25(19-32(21-15-16-21)28(34)24-11-7-8-12-26(24)30)29(35-23-17-13-20(2)14-18-23)33(31-27)22-9-5-4-6-10-22/h4-14,17-18,21H,3,15-16,19H2,1-2H3. The zero-order chi connectivity index (χ0) is 24.4. The average molecular weight is 486 g/mol. The minimum absolute atomic E-state index is 0.0612. The number of rotatable bonds is 8. The Morgan fingerprint density at radius 2 is 1.71 bits per heavy atom. The van der Waals surface area contributed by atoms with E-state index in [2.05, 4.69) is 6.92 Å². The molecule has 3 aromatic carbocycles. The summed E-state index contributed by atoms with van der Waals surface area (Å²) in [6.45, 7) is 4.53. The molecule has 0 saturated heterocycles. The maximum atomic E-state index is 13.6. The molecule has 1 heterocycles. The normalized spacial score (nSPS) is 13.0. The highest BCUT2D eigenvalue weighted by molar-refractivity contribution is 6.33. The fourth-order valence-electron chi connectivity index (χ4n) is 4.20. The average Bonchev–Trinajstić information content (AvgIpc) is 3.67. The summed E-state index contributed by atoms with van der Waals surface area (Å²) in [6, 6.07) is 25.3. The second-order valence-electron chi connectivity index (χ2n) is 8.89. The van der Waals surface area contributed by atoms with E-state index in [0.717, 1.165) is 47.5 Å². The number of amides is 1. The predicted octanol–water partition coefficient (Wildman–Crippen LogP) is 6.99.